The van der Waals surface area contributed by atoms with Crippen LogP contribution in [0.3, 0.4) is 0 Å². The van der Waals surface area contributed by atoms with Crippen molar-refractivity contribution < 1.29 is 4.79 Å². The third-order valence-corrected chi connectivity index (χ3v) is 3.59. The molecule has 1 aromatic heterocycles. The van der Waals surface area contributed by atoms with Gasteiger partial charge in [-0.2, -0.15) is 0 Å². The van der Waals surface area contributed by atoms with Crippen molar-refractivity contribution in [2.45, 2.75) is 13.5 Å². The summed E-state index contributed by atoms with van der Waals surface area (Å²) < 4.78 is 0. The second kappa shape index (κ2) is 5.37. The molecule has 3 N–H and O–H groups in total. The summed E-state index contributed by atoms with van der Waals surface area (Å²) in [5, 5.41) is 4.10. The van der Waals surface area contributed by atoms with E-state index in [0.29, 0.717) is 22.8 Å². The Bertz CT molecular complexity index is 562. The van der Waals surface area contributed by atoms with Crippen LogP contribution in [0.25, 0.3) is 0 Å². The van der Waals surface area contributed by atoms with Gasteiger partial charge < -0.3 is 11.1 Å². The molecule has 4 nitrogen and oxygen atoms in total. The Kier molecular flexibility index (Phi) is 3.84. The number of carbonyl (C=O) groups excluding carboxylic acids is 1. The van der Waals surface area contributed by atoms with Crippen LogP contribution in [0, 0.1) is 6.92 Å². The Hall–Kier alpha value is -1.59. The monoisotopic (exact) mass is 281 g/mol. The van der Waals surface area contributed by atoms with E-state index < -0.39 is 0 Å². The van der Waals surface area contributed by atoms with E-state index in [9.17, 15) is 4.79 Å². The van der Waals surface area contributed by atoms with Gasteiger partial charge in [-0.15, -0.1) is 11.3 Å². The molecule has 94 valence electrons. The molecule has 0 fully saturated rings. The number of nitrogen functional groups attached to an aromatic ring is 1. The molecule has 1 aromatic carbocycles. The molecule has 1 amide bonds. The Morgan fingerprint density at radius 2 is 2.33 bits per heavy atom. The summed E-state index contributed by atoms with van der Waals surface area (Å²) in [6.07, 6.45) is 1.75. The quantitative estimate of drug-likeness (QED) is 0.850. The smallest absolute Gasteiger partial charge is 0.255 e. The van der Waals surface area contributed by atoms with Gasteiger partial charge in [0.05, 0.1) is 22.1 Å². The third-order valence-electron chi connectivity index (χ3n) is 2.37. The number of amides is 1. The molecule has 0 aliphatic rings. The lowest BCUT2D eigenvalue weighted by molar-refractivity contribution is 0.0952. The topological polar surface area (TPSA) is 68.0 Å². The average Bonchev–Trinajstić information content (AvgIpc) is 2.72. The molecule has 18 heavy (non-hydrogen) atoms. The summed E-state index contributed by atoms with van der Waals surface area (Å²) in [6.45, 7) is 2.34. The largest absolute Gasteiger partial charge is 0.398 e. The summed E-state index contributed by atoms with van der Waals surface area (Å²) in [5.74, 6) is -0.274. The van der Waals surface area contributed by atoms with E-state index in [4.69, 9.17) is 17.3 Å². The number of anilines is 1. The number of nitrogens with two attached hydrogens (primary N) is 1. The van der Waals surface area contributed by atoms with E-state index in [1.165, 1.54) is 0 Å². The number of aromatic nitrogens is 1. The van der Waals surface area contributed by atoms with Gasteiger partial charge in [-0.1, -0.05) is 17.7 Å². The van der Waals surface area contributed by atoms with Crippen molar-refractivity contribution in [2.24, 2.45) is 0 Å². The van der Waals surface area contributed by atoms with Crippen molar-refractivity contribution in [3.8, 4) is 0 Å². The number of hydrogen-bond acceptors (Lipinski definition) is 4. The van der Waals surface area contributed by atoms with E-state index in [2.05, 4.69) is 10.3 Å². The zero-order chi connectivity index (χ0) is 13.1. The molecular weight excluding hydrogens is 270 g/mol. The first-order valence-electron chi connectivity index (χ1n) is 5.31. The zero-order valence-corrected chi connectivity index (χ0v) is 11.3. The Morgan fingerprint density at radius 1 is 1.56 bits per heavy atom. The van der Waals surface area contributed by atoms with Crippen molar-refractivity contribution in [2.75, 3.05) is 5.73 Å². The predicted octanol–water partition coefficient (Wildman–Crippen LogP) is 2.62. The summed E-state index contributed by atoms with van der Waals surface area (Å²) in [7, 11) is 0. The van der Waals surface area contributed by atoms with Crippen LogP contribution in [0.15, 0.2) is 24.4 Å². The molecule has 0 saturated heterocycles. The molecule has 0 saturated carbocycles. The number of carbonyl (C=O) groups is 1. The summed E-state index contributed by atoms with van der Waals surface area (Å²) in [4.78, 5) is 17.1. The first-order chi connectivity index (χ1) is 8.58. The van der Waals surface area contributed by atoms with Crippen molar-refractivity contribution in [1.29, 1.82) is 0 Å². The fourth-order valence-corrected chi connectivity index (χ4v) is 2.53. The maximum Gasteiger partial charge on any atom is 0.255 e. The van der Waals surface area contributed by atoms with Gasteiger partial charge in [0.1, 0.15) is 0 Å². The van der Waals surface area contributed by atoms with E-state index >= 15 is 0 Å². The van der Waals surface area contributed by atoms with E-state index in [1.807, 2.05) is 6.92 Å². The first-order valence-corrected chi connectivity index (χ1v) is 6.51. The highest BCUT2D eigenvalue weighted by atomic mass is 35.5. The molecule has 2 aromatic rings. The highest BCUT2D eigenvalue weighted by molar-refractivity contribution is 7.11. The standard InChI is InChI=1S/C12H12ClN3OS/c1-7-15-5-8(18-7)6-16-12(17)11-9(13)3-2-4-10(11)14/h2-5H,6,14H2,1H3,(H,16,17). The Labute approximate surface area is 114 Å². The van der Waals surface area contributed by atoms with Crippen LogP contribution in [-0.4, -0.2) is 10.9 Å². The molecule has 0 spiro atoms. The summed E-state index contributed by atoms with van der Waals surface area (Å²) in [6, 6.07) is 5.00. The minimum absolute atomic E-state index is 0.274. The summed E-state index contributed by atoms with van der Waals surface area (Å²) in [5.41, 5.74) is 6.44. The van der Waals surface area contributed by atoms with Crippen molar-refractivity contribution >= 4 is 34.5 Å². The molecule has 0 unspecified atom stereocenters. The molecule has 6 heteroatoms. The maximum atomic E-state index is 12.0. The highest BCUT2D eigenvalue weighted by Crippen LogP contribution is 2.22. The Balaban J connectivity index is 2.08. The molecular formula is C12H12ClN3OS. The van der Waals surface area contributed by atoms with Crippen LogP contribution in [0.4, 0.5) is 5.69 Å². The second-order valence-corrected chi connectivity index (χ2v) is 5.46. The van der Waals surface area contributed by atoms with Gasteiger partial charge in [-0.3, -0.25) is 4.79 Å². The van der Waals surface area contributed by atoms with Crippen LogP contribution in [0.2, 0.25) is 5.02 Å². The molecule has 0 aliphatic carbocycles. The van der Waals surface area contributed by atoms with Gasteiger partial charge in [-0.05, 0) is 19.1 Å². The first kappa shape index (κ1) is 12.9. The summed E-state index contributed by atoms with van der Waals surface area (Å²) >= 11 is 7.50. The number of nitrogens with one attached hydrogen (secondary N) is 1. The number of hydrogen-bond donors (Lipinski definition) is 2. The van der Waals surface area contributed by atoms with Gasteiger partial charge in [0.15, 0.2) is 0 Å². The van der Waals surface area contributed by atoms with Crippen molar-refractivity contribution in [3.63, 3.8) is 0 Å². The van der Waals surface area contributed by atoms with Crippen LogP contribution in [-0.2, 0) is 6.54 Å². The van der Waals surface area contributed by atoms with Gasteiger partial charge >= 0.3 is 0 Å². The predicted molar refractivity (Wildman–Crippen MR) is 73.9 cm³/mol. The molecule has 2 rings (SSSR count). The fourth-order valence-electron chi connectivity index (χ4n) is 1.52. The molecule has 1 heterocycles. The van der Waals surface area contributed by atoms with Crippen molar-refractivity contribution in [1.82, 2.24) is 10.3 Å². The van der Waals surface area contributed by atoms with Gasteiger partial charge in [0.2, 0.25) is 0 Å². The third kappa shape index (κ3) is 2.80. The van der Waals surface area contributed by atoms with Crippen LogP contribution in [0.5, 0.6) is 0 Å². The number of nitrogens with zero attached hydrogens (tertiary/aromatic N) is 1. The average molecular weight is 282 g/mol. The van der Waals surface area contributed by atoms with Crippen molar-refractivity contribution in [3.05, 3.63) is 44.9 Å². The normalized spacial score (nSPS) is 10.3. The second-order valence-electron chi connectivity index (χ2n) is 3.73. The maximum absolute atomic E-state index is 12.0. The van der Waals surface area contributed by atoms with E-state index in [0.717, 1.165) is 9.88 Å². The zero-order valence-electron chi connectivity index (χ0n) is 9.74. The molecule has 0 atom stereocenters. The number of halogens is 1. The van der Waals surface area contributed by atoms with Crippen LogP contribution >= 0.6 is 22.9 Å². The molecule has 0 radical (unpaired) electrons. The molecule has 0 aliphatic heterocycles. The van der Waals surface area contributed by atoms with Gasteiger partial charge in [0.25, 0.3) is 5.91 Å². The van der Waals surface area contributed by atoms with Gasteiger partial charge in [-0.25, -0.2) is 4.98 Å². The Morgan fingerprint density at radius 3 is 2.94 bits per heavy atom. The lowest BCUT2D eigenvalue weighted by atomic mass is 10.1. The minimum Gasteiger partial charge on any atom is -0.398 e. The number of benzene rings is 1. The number of aryl methyl sites for hydroxylation is 1. The molecule has 0 bridgehead atoms. The highest BCUT2D eigenvalue weighted by Gasteiger charge is 2.13. The number of rotatable bonds is 3. The van der Waals surface area contributed by atoms with E-state index in [1.54, 1.807) is 35.7 Å². The van der Waals surface area contributed by atoms with Gasteiger partial charge in [0, 0.05) is 16.8 Å². The lowest BCUT2D eigenvalue weighted by Crippen LogP contribution is -2.23. The van der Waals surface area contributed by atoms with Crippen LogP contribution < -0.4 is 11.1 Å². The van der Waals surface area contributed by atoms with Crippen LogP contribution in [0.1, 0.15) is 20.2 Å². The SMILES string of the molecule is Cc1ncc(CNC(=O)c2c(N)cccc2Cl)s1. The fraction of sp³-hybridized carbons (Fsp3) is 0.167. The lowest BCUT2D eigenvalue weighted by Gasteiger charge is -2.08. The van der Waals surface area contributed by atoms with E-state index in [-0.39, 0.29) is 5.91 Å². The number of thiazole rings is 1. The minimum atomic E-state index is -0.274.